The number of ether oxygens (including phenoxy) is 2. The van der Waals surface area contributed by atoms with Gasteiger partial charge in [0.15, 0.2) is 17.3 Å². The normalized spacial score (nSPS) is 10.6. The lowest BCUT2D eigenvalue weighted by Gasteiger charge is -2.10. The molecule has 0 aromatic heterocycles. The Bertz CT molecular complexity index is 830. The van der Waals surface area contributed by atoms with Crippen LogP contribution in [0.3, 0.4) is 0 Å². The molecule has 6 heteroatoms. The lowest BCUT2D eigenvalue weighted by atomic mass is 10.1. The third-order valence-corrected chi connectivity index (χ3v) is 3.63. The number of rotatable bonds is 6. The number of ketones is 1. The average molecular weight is 360 g/mol. The molecule has 1 N–H and O–H groups in total. The predicted octanol–water partition coefficient (Wildman–Crippen LogP) is 4.21. The van der Waals surface area contributed by atoms with E-state index < -0.39 is 0 Å². The molecule has 2 aromatic carbocycles. The number of amides is 1. The zero-order chi connectivity index (χ0) is 18.4. The first-order valence-electron chi connectivity index (χ1n) is 7.46. The standard InChI is InChI=1S/C19H18ClNO4/c1-12(22)21-15-6-4-5-14(11-15)17(23)8-7-13-9-16(20)19(25-3)18(10-13)24-2/h4-11H,1-3H3,(H,21,22)/b8-7+. The summed E-state index contributed by atoms with van der Waals surface area (Å²) in [5, 5.41) is 3.04. The first kappa shape index (κ1) is 18.5. The highest BCUT2D eigenvalue weighted by molar-refractivity contribution is 6.32. The topological polar surface area (TPSA) is 64.6 Å². The van der Waals surface area contributed by atoms with Crippen molar-refractivity contribution in [1.29, 1.82) is 0 Å². The van der Waals surface area contributed by atoms with E-state index in [1.165, 1.54) is 27.2 Å². The zero-order valence-corrected chi connectivity index (χ0v) is 14.9. The Morgan fingerprint density at radius 2 is 1.88 bits per heavy atom. The van der Waals surface area contributed by atoms with E-state index in [0.29, 0.717) is 33.3 Å². The fourth-order valence-corrected chi connectivity index (χ4v) is 2.55. The summed E-state index contributed by atoms with van der Waals surface area (Å²) in [5.74, 6) is 0.531. The zero-order valence-electron chi connectivity index (χ0n) is 14.1. The van der Waals surface area contributed by atoms with E-state index in [0.717, 1.165) is 0 Å². The van der Waals surface area contributed by atoms with Crippen LogP contribution in [-0.2, 0) is 4.79 Å². The highest BCUT2D eigenvalue weighted by Gasteiger charge is 2.10. The Hall–Kier alpha value is -2.79. The first-order chi connectivity index (χ1) is 11.9. The Balaban J connectivity index is 2.23. The van der Waals surface area contributed by atoms with Gasteiger partial charge in [0, 0.05) is 18.2 Å². The van der Waals surface area contributed by atoms with Crippen molar-refractivity contribution >= 4 is 35.1 Å². The van der Waals surface area contributed by atoms with E-state index in [4.69, 9.17) is 21.1 Å². The number of methoxy groups -OCH3 is 2. The fourth-order valence-electron chi connectivity index (χ4n) is 2.26. The molecular formula is C19H18ClNO4. The highest BCUT2D eigenvalue weighted by atomic mass is 35.5. The minimum atomic E-state index is -0.196. The summed E-state index contributed by atoms with van der Waals surface area (Å²) < 4.78 is 10.4. The molecule has 2 rings (SSSR count). The summed E-state index contributed by atoms with van der Waals surface area (Å²) in [7, 11) is 3.02. The lowest BCUT2D eigenvalue weighted by Crippen LogP contribution is -2.06. The average Bonchev–Trinajstić information content (AvgIpc) is 2.58. The number of allylic oxidation sites excluding steroid dienone is 1. The minimum absolute atomic E-state index is 0.194. The van der Waals surface area contributed by atoms with Crippen LogP contribution in [0.15, 0.2) is 42.5 Å². The maximum Gasteiger partial charge on any atom is 0.221 e. The second-order valence-corrected chi connectivity index (χ2v) is 5.61. The Labute approximate surface area is 151 Å². The summed E-state index contributed by atoms with van der Waals surface area (Å²) in [4.78, 5) is 23.4. The largest absolute Gasteiger partial charge is 0.493 e. The molecule has 0 bridgehead atoms. The summed E-state index contributed by atoms with van der Waals surface area (Å²) in [6.07, 6.45) is 3.08. The van der Waals surface area contributed by atoms with Gasteiger partial charge in [0.2, 0.25) is 5.91 Å². The van der Waals surface area contributed by atoms with Gasteiger partial charge in [-0.25, -0.2) is 0 Å². The molecular weight excluding hydrogens is 342 g/mol. The molecule has 0 fully saturated rings. The van der Waals surface area contributed by atoms with Gasteiger partial charge in [-0.2, -0.15) is 0 Å². The van der Waals surface area contributed by atoms with Gasteiger partial charge in [0.1, 0.15) is 0 Å². The molecule has 0 heterocycles. The number of anilines is 1. The van der Waals surface area contributed by atoms with Crippen molar-refractivity contribution in [1.82, 2.24) is 0 Å². The van der Waals surface area contributed by atoms with Gasteiger partial charge >= 0.3 is 0 Å². The minimum Gasteiger partial charge on any atom is -0.493 e. The van der Waals surface area contributed by atoms with Gasteiger partial charge in [-0.3, -0.25) is 9.59 Å². The predicted molar refractivity (Wildman–Crippen MR) is 98.7 cm³/mol. The first-order valence-corrected chi connectivity index (χ1v) is 7.84. The Morgan fingerprint density at radius 1 is 1.12 bits per heavy atom. The summed E-state index contributed by atoms with van der Waals surface area (Å²) >= 11 is 6.15. The third-order valence-electron chi connectivity index (χ3n) is 3.35. The maximum absolute atomic E-state index is 12.3. The molecule has 2 aromatic rings. The van der Waals surface area contributed by atoms with Crippen LogP contribution in [0.25, 0.3) is 6.08 Å². The molecule has 25 heavy (non-hydrogen) atoms. The van der Waals surface area contributed by atoms with Crippen LogP contribution < -0.4 is 14.8 Å². The van der Waals surface area contributed by atoms with Crippen LogP contribution in [0.5, 0.6) is 11.5 Å². The number of carbonyl (C=O) groups is 2. The lowest BCUT2D eigenvalue weighted by molar-refractivity contribution is -0.114. The van der Waals surface area contributed by atoms with Crippen LogP contribution in [-0.4, -0.2) is 25.9 Å². The van der Waals surface area contributed by atoms with E-state index in [2.05, 4.69) is 5.32 Å². The van der Waals surface area contributed by atoms with E-state index in [1.807, 2.05) is 0 Å². The van der Waals surface area contributed by atoms with E-state index in [9.17, 15) is 9.59 Å². The Morgan fingerprint density at radius 3 is 2.52 bits per heavy atom. The van der Waals surface area contributed by atoms with Crippen LogP contribution in [0, 0.1) is 0 Å². The van der Waals surface area contributed by atoms with Crippen molar-refractivity contribution in [3.8, 4) is 11.5 Å². The van der Waals surface area contributed by atoms with Crippen molar-refractivity contribution in [2.45, 2.75) is 6.92 Å². The fraction of sp³-hybridized carbons (Fsp3) is 0.158. The van der Waals surface area contributed by atoms with Crippen LogP contribution in [0.4, 0.5) is 5.69 Å². The monoisotopic (exact) mass is 359 g/mol. The number of hydrogen-bond acceptors (Lipinski definition) is 4. The van der Waals surface area contributed by atoms with Crippen LogP contribution in [0.2, 0.25) is 5.02 Å². The Kier molecular flexibility index (Phi) is 6.19. The molecule has 0 aliphatic carbocycles. The van der Waals surface area contributed by atoms with Crippen molar-refractivity contribution in [2.75, 3.05) is 19.5 Å². The summed E-state index contributed by atoms with van der Waals surface area (Å²) in [5.41, 5.74) is 1.74. The van der Waals surface area contributed by atoms with Gasteiger partial charge in [-0.05, 0) is 35.9 Å². The van der Waals surface area contributed by atoms with Crippen molar-refractivity contribution in [2.24, 2.45) is 0 Å². The highest BCUT2D eigenvalue weighted by Crippen LogP contribution is 2.36. The van der Waals surface area contributed by atoms with E-state index >= 15 is 0 Å². The quantitative estimate of drug-likeness (QED) is 0.619. The van der Waals surface area contributed by atoms with Crippen molar-refractivity contribution < 1.29 is 19.1 Å². The molecule has 0 radical (unpaired) electrons. The second kappa shape index (κ2) is 8.35. The number of benzene rings is 2. The number of nitrogens with one attached hydrogen (secondary N) is 1. The second-order valence-electron chi connectivity index (χ2n) is 5.20. The molecule has 0 aliphatic heterocycles. The van der Waals surface area contributed by atoms with Crippen LogP contribution in [0.1, 0.15) is 22.8 Å². The van der Waals surface area contributed by atoms with E-state index in [-0.39, 0.29) is 11.7 Å². The van der Waals surface area contributed by atoms with Crippen molar-refractivity contribution in [3.63, 3.8) is 0 Å². The van der Waals surface area contributed by atoms with Gasteiger partial charge < -0.3 is 14.8 Å². The third kappa shape index (κ3) is 4.84. The molecule has 0 aliphatic rings. The molecule has 0 spiro atoms. The molecule has 1 amide bonds. The molecule has 0 unspecified atom stereocenters. The molecule has 130 valence electrons. The van der Waals surface area contributed by atoms with Gasteiger partial charge in [-0.1, -0.05) is 29.8 Å². The smallest absolute Gasteiger partial charge is 0.221 e. The molecule has 0 saturated carbocycles. The number of halogens is 1. The summed E-state index contributed by atoms with van der Waals surface area (Å²) in [6.45, 7) is 1.41. The molecule has 0 saturated heterocycles. The summed E-state index contributed by atoms with van der Waals surface area (Å²) in [6, 6.07) is 10.1. The van der Waals surface area contributed by atoms with Gasteiger partial charge in [0.05, 0.1) is 19.2 Å². The van der Waals surface area contributed by atoms with Crippen molar-refractivity contribution in [3.05, 3.63) is 58.6 Å². The maximum atomic E-state index is 12.3. The SMILES string of the molecule is COc1cc(/C=C/C(=O)c2cccc(NC(C)=O)c2)cc(Cl)c1OC. The van der Waals surface area contributed by atoms with Gasteiger partial charge in [-0.15, -0.1) is 0 Å². The number of hydrogen-bond donors (Lipinski definition) is 1. The van der Waals surface area contributed by atoms with Gasteiger partial charge in [0.25, 0.3) is 0 Å². The number of carbonyl (C=O) groups excluding carboxylic acids is 2. The molecule has 0 atom stereocenters. The van der Waals surface area contributed by atoms with E-state index in [1.54, 1.807) is 42.5 Å². The molecule has 5 nitrogen and oxygen atoms in total. The van der Waals surface area contributed by atoms with Crippen LogP contribution >= 0.6 is 11.6 Å².